The van der Waals surface area contributed by atoms with Crippen LogP contribution in [-0.4, -0.2) is 42.8 Å². The monoisotopic (exact) mass is 472 g/mol. The highest BCUT2D eigenvalue weighted by Gasteiger charge is 2.24. The molecule has 0 amide bonds. The molecule has 0 unspecified atom stereocenters. The second kappa shape index (κ2) is 9.25. The van der Waals surface area contributed by atoms with E-state index in [1.54, 1.807) is 17.6 Å². The lowest BCUT2D eigenvalue weighted by Gasteiger charge is -2.31. The number of nitrogens with zero attached hydrogens (tertiary/aromatic N) is 3. The Morgan fingerprint density at radius 3 is 2.59 bits per heavy atom. The summed E-state index contributed by atoms with van der Waals surface area (Å²) >= 11 is 1.37. The second-order valence-corrected chi connectivity index (χ2v) is 10.1. The molecular weight excluding hydrogens is 448 g/mol. The van der Waals surface area contributed by atoms with Gasteiger partial charge in [0, 0.05) is 18.7 Å². The third-order valence-corrected chi connectivity index (χ3v) is 7.72. The third-order valence-electron chi connectivity index (χ3n) is 5.53. The van der Waals surface area contributed by atoms with Gasteiger partial charge < -0.3 is 10.0 Å². The number of aromatic carboxylic acids is 1. The van der Waals surface area contributed by atoms with Crippen LogP contribution in [0.5, 0.6) is 0 Å². The van der Waals surface area contributed by atoms with E-state index in [0.29, 0.717) is 22.7 Å². The number of anilines is 2. The SMILES string of the molecule is CCc1ccc(C(=O)O)cc1S(=O)(=O)Nc1cc(-c2nncs2)ccc1N1CCCCC1. The number of sulfonamides is 1. The minimum Gasteiger partial charge on any atom is -0.478 e. The molecule has 0 spiro atoms. The molecular formula is C22H24N4O4S2. The van der Waals surface area contributed by atoms with E-state index in [9.17, 15) is 18.3 Å². The van der Waals surface area contributed by atoms with Crippen molar-refractivity contribution in [3.8, 4) is 10.6 Å². The molecule has 1 aliphatic heterocycles. The van der Waals surface area contributed by atoms with Crippen molar-refractivity contribution >= 4 is 38.7 Å². The normalized spacial score (nSPS) is 14.3. The summed E-state index contributed by atoms with van der Waals surface area (Å²) in [5, 5.41) is 18.0. The first-order chi connectivity index (χ1) is 15.4. The van der Waals surface area contributed by atoms with Crippen LogP contribution in [0.25, 0.3) is 10.6 Å². The van der Waals surface area contributed by atoms with Gasteiger partial charge in [0.2, 0.25) is 0 Å². The number of aryl methyl sites for hydroxylation is 1. The van der Waals surface area contributed by atoms with Crippen molar-refractivity contribution in [1.29, 1.82) is 0 Å². The van der Waals surface area contributed by atoms with Crippen molar-refractivity contribution < 1.29 is 18.3 Å². The summed E-state index contributed by atoms with van der Waals surface area (Å²) in [4.78, 5) is 13.6. The maximum absolute atomic E-state index is 13.4. The van der Waals surface area contributed by atoms with Crippen molar-refractivity contribution in [2.24, 2.45) is 0 Å². The zero-order chi connectivity index (χ0) is 22.7. The van der Waals surface area contributed by atoms with Crippen molar-refractivity contribution in [1.82, 2.24) is 10.2 Å². The van der Waals surface area contributed by atoms with Gasteiger partial charge >= 0.3 is 5.97 Å². The highest BCUT2D eigenvalue weighted by molar-refractivity contribution is 7.92. The van der Waals surface area contributed by atoms with Crippen LogP contribution >= 0.6 is 11.3 Å². The molecule has 1 aromatic heterocycles. The van der Waals surface area contributed by atoms with Gasteiger partial charge in [0.25, 0.3) is 10.0 Å². The molecule has 1 fully saturated rings. The van der Waals surface area contributed by atoms with E-state index >= 15 is 0 Å². The summed E-state index contributed by atoms with van der Waals surface area (Å²) < 4.78 is 29.6. The third kappa shape index (κ3) is 4.61. The number of benzene rings is 2. The topological polar surface area (TPSA) is 112 Å². The van der Waals surface area contributed by atoms with Gasteiger partial charge in [0.1, 0.15) is 10.5 Å². The van der Waals surface area contributed by atoms with Gasteiger partial charge in [0.05, 0.1) is 21.8 Å². The highest BCUT2D eigenvalue weighted by atomic mass is 32.2. The van der Waals surface area contributed by atoms with E-state index in [4.69, 9.17) is 0 Å². The summed E-state index contributed by atoms with van der Waals surface area (Å²) in [6, 6.07) is 9.81. The van der Waals surface area contributed by atoms with Crippen LogP contribution in [0.4, 0.5) is 11.4 Å². The molecule has 10 heteroatoms. The van der Waals surface area contributed by atoms with Crippen LogP contribution < -0.4 is 9.62 Å². The smallest absolute Gasteiger partial charge is 0.335 e. The lowest BCUT2D eigenvalue weighted by Crippen LogP contribution is -2.30. The number of rotatable bonds is 7. The molecule has 0 atom stereocenters. The van der Waals surface area contributed by atoms with Gasteiger partial charge in [-0.15, -0.1) is 10.2 Å². The van der Waals surface area contributed by atoms with E-state index in [-0.39, 0.29) is 10.5 Å². The number of hydrogen-bond donors (Lipinski definition) is 2. The first kappa shape index (κ1) is 22.2. The number of carboxylic acid groups (broad SMARTS) is 1. The van der Waals surface area contributed by atoms with Gasteiger partial charge in [-0.25, -0.2) is 13.2 Å². The number of nitrogens with one attached hydrogen (secondary N) is 1. The number of carbonyl (C=O) groups is 1. The van der Waals surface area contributed by atoms with Gasteiger partial charge in [-0.05, 0) is 61.6 Å². The zero-order valence-electron chi connectivity index (χ0n) is 17.6. The summed E-state index contributed by atoms with van der Waals surface area (Å²) in [6.45, 7) is 3.53. The Hall–Kier alpha value is -2.98. The minimum atomic E-state index is -4.03. The molecule has 32 heavy (non-hydrogen) atoms. The fourth-order valence-electron chi connectivity index (χ4n) is 3.89. The van der Waals surface area contributed by atoms with Crippen molar-refractivity contribution in [2.75, 3.05) is 22.7 Å². The molecule has 0 saturated carbocycles. The molecule has 8 nitrogen and oxygen atoms in total. The van der Waals surface area contributed by atoms with Gasteiger partial charge in [-0.2, -0.15) is 0 Å². The highest BCUT2D eigenvalue weighted by Crippen LogP contribution is 2.35. The lowest BCUT2D eigenvalue weighted by atomic mass is 10.1. The van der Waals surface area contributed by atoms with Crippen molar-refractivity contribution in [3.63, 3.8) is 0 Å². The average Bonchev–Trinajstić information content (AvgIpc) is 3.34. The number of aromatic nitrogens is 2. The zero-order valence-corrected chi connectivity index (χ0v) is 19.2. The second-order valence-electron chi connectivity index (χ2n) is 7.61. The fourth-order valence-corrected chi connectivity index (χ4v) is 5.84. The van der Waals surface area contributed by atoms with Gasteiger partial charge in [-0.1, -0.05) is 24.3 Å². The Morgan fingerprint density at radius 2 is 1.94 bits per heavy atom. The van der Waals surface area contributed by atoms with Gasteiger partial charge in [-0.3, -0.25) is 4.72 Å². The van der Waals surface area contributed by atoms with Crippen molar-refractivity contribution in [3.05, 3.63) is 53.0 Å². The van der Waals surface area contributed by atoms with Gasteiger partial charge in [0.15, 0.2) is 0 Å². The molecule has 1 aliphatic rings. The molecule has 3 aromatic rings. The van der Waals surface area contributed by atoms with Crippen LogP contribution in [0.3, 0.4) is 0 Å². The molecule has 0 aliphatic carbocycles. The van der Waals surface area contributed by atoms with Crippen LogP contribution in [-0.2, 0) is 16.4 Å². The van der Waals surface area contributed by atoms with E-state index in [1.807, 2.05) is 19.1 Å². The van der Waals surface area contributed by atoms with E-state index < -0.39 is 16.0 Å². The quantitative estimate of drug-likeness (QED) is 0.528. The predicted molar refractivity (Wildman–Crippen MR) is 125 cm³/mol. The maximum Gasteiger partial charge on any atom is 0.335 e. The Morgan fingerprint density at radius 1 is 1.16 bits per heavy atom. The van der Waals surface area contributed by atoms with Crippen molar-refractivity contribution in [2.45, 2.75) is 37.5 Å². The molecule has 2 N–H and O–H groups in total. The Kier molecular flexibility index (Phi) is 6.43. The predicted octanol–water partition coefficient (Wildman–Crippen LogP) is 4.26. The number of hydrogen-bond acceptors (Lipinski definition) is 7. The molecule has 0 radical (unpaired) electrons. The van der Waals surface area contributed by atoms with E-state index in [0.717, 1.165) is 43.6 Å². The molecule has 0 bridgehead atoms. The van der Waals surface area contributed by atoms with Crippen LogP contribution in [0.2, 0.25) is 0 Å². The molecule has 2 aromatic carbocycles. The molecule has 168 valence electrons. The van der Waals surface area contributed by atoms with Crippen LogP contribution in [0, 0.1) is 0 Å². The molecule has 4 rings (SSSR count). The van der Waals surface area contributed by atoms with Crippen LogP contribution in [0.15, 0.2) is 46.8 Å². The Labute approximate surface area is 191 Å². The molecule has 2 heterocycles. The van der Waals surface area contributed by atoms with E-state index in [1.165, 1.54) is 23.5 Å². The largest absolute Gasteiger partial charge is 0.478 e. The molecule has 1 saturated heterocycles. The first-order valence-corrected chi connectivity index (χ1v) is 12.8. The van der Waals surface area contributed by atoms with E-state index in [2.05, 4.69) is 19.8 Å². The summed E-state index contributed by atoms with van der Waals surface area (Å²) in [7, 11) is -4.03. The minimum absolute atomic E-state index is 0.0224. The summed E-state index contributed by atoms with van der Waals surface area (Å²) in [6.07, 6.45) is 3.71. The maximum atomic E-state index is 13.4. The van der Waals surface area contributed by atoms with Crippen LogP contribution in [0.1, 0.15) is 42.1 Å². The standard InChI is InChI=1S/C22H24N4O4S2/c1-2-15-6-7-17(22(27)28)13-20(15)32(29,30)25-18-12-16(21-24-23-14-31-21)8-9-19(18)26-10-4-3-5-11-26/h6-9,12-14,25H,2-5,10-11H2,1H3,(H,27,28). The lowest BCUT2D eigenvalue weighted by molar-refractivity contribution is 0.0696. The Bertz CT molecular complexity index is 1220. The summed E-state index contributed by atoms with van der Waals surface area (Å²) in [5.41, 5.74) is 4.13. The average molecular weight is 473 g/mol. The Balaban J connectivity index is 1.78. The number of piperidine rings is 1. The summed E-state index contributed by atoms with van der Waals surface area (Å²) in [5.74, 6) is -1.17. The first-order valence-electron chi connectivity index (χ1n) is 10.4. The fraction of sp³-hybridized carbons (Fsp3) is 0.318. The number of carboxylic acids is 1.